The zero-order valence-corrected chi connectivity index (χ0v) is 22.0. The van der Waals surface area contributed by atoms with E-state index >= 15 is 0 Å². The van der Waals surface area contributed by atoms with Crippen molar-refractivity contribution < 1.29 is 22.6 Å². The molecule has 3 aliphatic rings. The van der Waals surface area contributed by atoms with Crippen LogP contribution in [0.15, 0.2) is 65.0 Å². The average molecular weight is 541 g/mol. The molecule has 0 atom stereocenters. The number of ether oxygens (including phenoxy) is 3. The quantitative estimate of drug-likeness (QED) is 0.401. The van der Waals surface area contributed by atoms with E-state index in [-0.39, 0.29) is 14.9 Å². The van der Waals surface area contributed by atoms with Crippen molar-refractivity contribution >= 4 is 33.0 Å². The van der Waals surface area contributed by atoms with E-state index in [0.29, 0.717) is 12.4 Å². The van der Waals surface area contributed by atoms with E-state index in [9.17, 15) is 8.42 Å². The summed E-state index contributed by atoms with van der Waals surface area (Å²) in [7, 11) is -3.39. The Balaban J connectivity index is 1.16. The molecule has 0 spiro atoms. The first-order valence-corrected chi connectivity index (χ1v) is 14.3. The molecule has 0 saturated carbocycles. The van der Waals surface area contributed by atoms with Crippen LogP contribution in [0.3, 0.4) is 0 Å². The standard InChI is InChI=1S/C25H30Cl2N2O5S/c1-35(30,31)21-15-22(26)25(23(27)16-21)32-13-5-8-28-9-11-29(12-10-28)24-18-33-20(17-34-24)14-19-6-3-2-4-7-19/h2-3,6,15-18H,4-5,7-14H2,1H3. The number of hydrogen-bond donors (Lipinski definition) is 0. The molecule has 0 aromatic heterocycles. The van der Waals surface area contributed by atoms with Crippen molar-refractivity contribution in [1.82, 2.24) is 9.80 Å². The van der Waals surface area contributed by atoms with Crippen LogP contribution in [0.1, 0.15) is 25.7 Å². The number of allylic oxidation sites excluding steroid dienone is 4. The maximum atomic E-state index is 11.7. The van der Waals surface area contributed by atoms with Crippen LogP contribution in [-0.2, 0) is 19.3 Å². The summed E-state index contributed by atoms with van der Waals surface area (Å²) in [4.78, 5) is 4.63. The summed E-state index contributed by atoms with van der Waals surface area (Å²) >= 11 is 12.4. The lowest BCUT2D eigenvalue weighted by Gasteiger charge is -2.36. The van der Waals surface area contributed by atoms with Crippen molar-refractivity contribution in [2.24, 2.45) is 0 Å². The van der Waals surface area contributed by atoms with Gasteiger partial charge in [-0.05, 0) is 31.4 Å². The Hall–Kier alpha value is -2.13. The molecule has 190 valence electrons. The van der Waals surface area contributed by atoms with Crippen LogP contribution >= 0.6 is 23.2 Å². The van der Waals surface area contributed by atoms with Crippen molar-refractivity contribution in [1.29, 1.82) is 0 Å². The molecule has 0 bridgehead atoms. The lowest BCUT2D eigenvalue weighted by atomic mass is 10.0. The summed E-state index contributed by atoms with van der Waals surface area (Å²) in [5.74, 6) is 1.90. The number of nitrogens with zero attached hydrogens (tertiary/aromatic N) is 2. The van der Waals surface area contributed by atoms with E-state index in [1.54, 1.807) is 12.5 Å². The van der Waals surface area contributed by atoms with Gasteiger partial charge < -0.3 is 19.1 Å². The highest BCUT2D eigenvalue weighted by molar-refractivity contribution is 7.90. The molecule has 35 heavy (non-hydrogen) atoms. The number of piperazine rings is 1. The Morgan fingerprint density at radius 2 is 1.80 bits per heavy atom. The molecule has 2 aliphatic heterocycles. The van der Waals surface area contributed by atoms with Crippen LogP contribution < -0.4 is 4.74 Å². The van der Waals surface area contributed by atoms with E-state index in [1.165, 1.54) is 17.7 Å². The van der Waals surface area contributed by atoms with Crippen LogP contribution in [0.2, 0.25) is 10.0 Å². The van der Waals surface area contributed by atoms with Crippen molar-refractivity contribution in [2.45, 2.75) is 30.6 Å². The molecule has 0 radical (unpaired) electrons. The van der Waals surface area contributed by atoms with E-state index in [2.05, 4.69) is 28.0 Å². The van der Waals surface area contributed by atoms with Crippen LogP contribution in [0.4, 0.5) is 0 Å². The third-order valence-electron chi connectivity index (χ3n) is 6.07. The summed E-state index contributed by atoms with van der Waals surface area (Å²) in [6.45, 7) is 4.80. The van der Waals surface area contributed by atoms with Gasteiger partial charge >= 0.3 is 0 Å². The van der Waals surface area contributed by atoms with Gasteiger partial charge in [-0.2, -0.15) is 0 Å². The van der Waals surface area contributed by atoms with Gasteiger partial charge in [0.25, 0.3) is 0 Å². The summed E-state index contributed by atoms with van der Waals surface area (Å²) in [5, 5.41) is 0.387. The normalized spacial score (nSPS) is 18.8. The molecule has 7 nitrogen and oxygen atoms in total. The molecule has 2 heterocycles. The van der Waals surface area contributed by atoms with Gasteiger partial charge in [0.1, 0.15) is 12.0 Å². The first-order valence-electron chi connectivity index (χ1n) is 11.7. The molecular weight excluding hydrogens is 511 g/mol. The molecule has 10 heteroatoms. The van der Waals surface area contributed by atoms with E-state index in [0.717, 1.165) is 76.3 Å². The third-order valence-corrected chi connectivity index (χ3v) is 7.73. The minimum absolute atomic E-state index is 0.0749. The van der Waals surface area contributed by atoms with Crippen molar-refractivity contribution in [3.05, 3.63) is 70.1 Å². The van der Waals surface area contributed by atoms with Crippen LogP contribution in [0, 0.1) is 0 Å². The molecule has 1 saturated heterocycles. The first kappa shape index (κ1) is 25.9. The van der Waals surface area contributed by atoms with Gasteiger partial charge in [0, 0.05) is 45.4 Å². The van der Waals surface area contributed by atoms with Crippen LogP contribution in [0.5, 0.6) is 5.75 Å². The maximum absolute atomic E-state index is 11.7. The van der Waals surface area contributed by atoms with Gasteiger partial charge in [-0.1, -0.05) is 47.0 Å². The molecule has 0 amide bonds. The average Bonchev–Trinajstić information content (AvgIpc) is 2.84. The molecular formula is C25H30Cl2N2O5S. The lowest BCUT2D eigenvalue weighted by Crippen LogP contribution is -2.46. The Kier molecular flexibility index (Phi) is 8.70. The van der Waals surface area contributed by atoms with Gasteiger partial charge in [0.15, 0.2) is 21.8 Å². The predicted molar refractivity (Wildman–Crippen MR) is 137 cm³/mol. The molecule has 1 aromatic rings. The van der Waals surface area contributed by atoms with E-state index < -0.39 is 9.84 Å². The molecule has 1 aliphatic carbocycles. The Bertz CT molecular complexity index is 1130. The summed E-state index contributed by atoms with van der Waals surface area (Å²) in [6.07, 6.45) is 14.7. The van der Waals surface area contributed by atoms with Crippen LogP contribution in [0.25, 0.3) is 0 Å². The predicted octanol–water partition coefficient (Wildman–Crippen LogP) is 5.14. The zero-order chi connectivity index (χ0) is 24.8. The fourth-order valence-corrected chi connectivity index (χ4v) is 5.50. The third kappa shape index (κ3) is 7.19. The van der Waals surface area contributed by atoms with Gasteiger partial charge in [-0.25, -0.2) is 8.42 Å². The summed E-state index contributed by atoms with van der Waals surface area (Å²) in [6, 6.07) is 2.73. The monoisotopic (exact) mass is 540 g/mol. The van der Waals surface area contributed by atoms with Crippen molar-refractivity contribution in [3.8, 4) is 5.75 Å². The van der Waals surface area contributed by atoms with Gasteiger partial charge in [-0.3, -0.25) is 4.90 Å². The Labute approximate surface area is 217 Å². The van der Waals surface area contributed by atoms with Crippen LogP contribution in [-0.4, -0.2) is 63.8 Å². The Morgan fingerprint density at radius 1 is 1.06 bits per heavy atom. The summed E-state index contributed by atoms with van der Waals surface area (Å²) in [5.41, 5.74) is 1.35. The van der Waals surface area contributed by atoms with Gasteiger partial charge in [0.2, 0.25) is 5.88 Å². The largest absolute Gasteiger partial charge is 0.490 e. The highest BCUT2D eigenvalue weighted by Gasteiger charge is 2.22. The van der Waals surface area contributed by atoms with E-state index in [4.69, 9.17) is 37.4 Å². The topological polar surface area (TPSA) is 68.3 Å². The molecule has 0 N–H and O–H groups in total. The van der Waals surface area contributed by atoms with Crippen molar-refractivity contribution in [2.75, 3.05) is 45.6 Å². The number of benzene rings is 1. The lowest BCUT2D eigenvalue weighted by molar-refractivity contribution is 0.0806. The molecule has 1 fully saturated rings. The maximum Gasteiger partial charge on any atom is 0.231 e. The summed E-state index contributed by atoms with van der Waals surface area (Å²) < 4.78 is 40.8. The second kappa shape index (κ2) is 11.7. The minimum Gasteiger partial charge on any atom is -0.490 e. The first-order chi connectivity index (χ1) is 16.8. The highest BCUT2D eigenvalue weighted by atomic mass is 35.5. The fourth-order valence-electron chi connectivity index (χ4n) is 4.11. The molecule has 1 aromatic carbocycles. The fraction of sp³-hybridized carbons (Fsp3) is 0.440. The number of hydrogen-bond acceptors (Lipinski definition) is 7. The van der Waals surface area contributed by atoms with Crippen molar-refractivity contribution in [3.63, 3.8) is 0 Å². The second-order valence-electron chi connectivity index (χ2n) is 8.76. The smallest absolute Gasteiger partial charge is 0.231 e. The number of halogens is 2. The van der Waals surface area contributed by atoms with E-state index in [1.807, 2.05) is 0 Å². The number of sulfone groups is 1. The Morgan fingerprint density at radius 3 is 2.40 bits per heavy atom. The number of rotatable bonds is 9. The SMILES string of the molecule is CS(=O)(=O)c1cc(Cl)c(OCCCN2CCN(C3=COC(CC4=CC=CCC4)=CO3)CC2)c(Cl)c1. The minimum atomic E-state index is -3.39. The molecule has 0 unspecified atom stereocenters. The highest BCUT2D eigenvalue weighted by Crippen LogP contribution is 2.35. The zero-order valence-electron chi connectivity index (χ0n) is 19.7. The van der Waals surface area contributed by atoms with Gasteiger partial charge in [-0.15, -0.1) is 0 Å². The second-order valence-corrected chi connectivity index (χ2v) is 11.6. The molecule has 4 rings (SSSR count). The van der Waals surface area contributed by atoms with Gasteiger partial charge in [0.05, 0.1) is 21.5 Å².